The number of benzene rings is 2. The fourth-order valence-electron chi connectivity index (χ4n) is 2.88. The van der Waals surface area contributed by atoms with Crippen LogP contribution in [0.1, 0.15) is 28.7 Å². The van der Waals surface area contributed by atoms with Crippen molar-refractivity contribution in [1.29, 1.82) is 0 Å². The summed E-state index contributed by atoms with van der Waals surface area (Å²) in [5.41, 5.74) is 5.34. The zero-order valence-electron chi connectivity index (χ0n) is 15.2. The van der Waals surface area contributed by atoms with Gasteiger partial charge in [0.1, 0.15) is 12.4 Å². The summed E-state index contributed by atoms with van der Waals surface area (Å²) in [6, 6.07) is 12.3. The van der Waals surface area contributed by atoms with Crippen LogP contribution < -0.4 is 15.4 Å². The second kappa shape index (κ2) is 8.39. The summed E-state index contributed by atoms with van der Waals surface area (Å²) in [6.45, 7) is 12.1. The molecule has 0 aliphatic carbocycles. The van der Waals surface area contributed by atoms with Gasteiger partial charge in [0.25, 0.3) is 0 Å². The van der Waals surface area contributed by atoms with Crippen molar-refractivity contribution in [2.24, 2.45) is 4.99 Å². The van der Waals surface area contributed by atoms with Crippen LogP contribution in [0.3, 0.4) is 0 Å². The smallest absolute Gasteiger partial charge is 0.195 e. The summed E-state index contributed by atoms with van der Waals surface area (Å²) in [4.78, 5) is 4.43. The van der Waals surface area contributed by atoms with Gasteiger partial charge in [-0.1, -0.05) is 37.4 Å². The molecule has 2 aromatic carbocycles. The molecule has 0 radical (unpaired) electrons. The molecule has 3 rings (SSSR count). The van der Waals surface area contributed by atoms with Crippen LogP contribution in [0.4, 0.5) is 5.69 Å². The van der Waals surface area contributed by atoms with E-state index in [1.807, 2.05) is 37.3 Å². The number of rotatable bonds is 6. The molecule has 0 aromatic heterocycles. The molecular formula is C22H25N3O. The van der Waals surface area contributed by atoms with Crippen molar-refractivity contribution in [2.75, 3.05) is 18.4 Å². The molecule has 0 saturated carbocycles. The first-order valence-corrected chi connectivity index (χ1v) is 8.86. The Hall–Kier alpha value is -3.01. The summed E-state index contributed by atoms with van der Waals surface area (Å²) >= 11 is 0. The van der Waals surface area contributed by atoms with Gasteiger partial charge in [0.2, 0.25) is 0 Å². The lowest BCUT2D eigenvalue weighted by molar-refractivity contribution is 0.304. The SMILES string of the molecule is C=Cc1ccc(COc2ccc(NC3=NCCCN3)cc2C)cc1C=C. The van der Waals surface area contributed by atoms with Crippen LogP contribution in [0.2, 0.25) is 0 Å². The van der Waals surface area contributed by atoms with E-state index >= 15 is 0 Å². The van der Waals surface area contributed by atoms with Crippen molar-refractivity contribution in [3.8, 4) is 5.75 Å². The minimum atomic E-state index is 0.514. The molecule has 0 atom stereocenters. The van der Waals surface area contributed by atoms with Crippen molar-refractivity contribution in [2.45, 2.75) is 20.0 Å². The highest BCUT2D eigenvalue weighted by Crippen LogP contribution is 2.24. The molecule has 134 valence electrons. The number of aliphatic imine (C=N–C) groups is 1. The van der Waals surface area contributed by atoms with Gasteiger partial charge in [0, 0.05) is 18.8 Å². The first kappa shape index (κ1) is 17.8. The Morgan fingerprint density at radius 3 is 2.69 bits per heavy atom. The quantitative estimate of drug-likeness (QED) is 0.801. The minimum Gasteiger partial charge on any atom is -0.489 e. The van der Waals surface area contributed by atoms with Gasteiger partial charge in [0.15, 0.2) is 5.96 Å². The first-order chi connectivity index (χ1) is 12.7. The number of hydrogen-bond donors (Lipinski definition) is 2. The number of ether oxygens (including phenoxy) is 1. The van der Waals surface area contributed by atoms with E-state index in [9.17, 15) is 0 Å². The van der Waals surface area contributed by atoms with Gasteiger partial charge in [-0.15, -0.1) is 0 Å². The molecule has 26 heavy (non-hydrogen) atoms. The molecule has 2 aromatic rings. The molecule has 4 nitrogen and oxygen atoms in total. The maximum Gasteiger partial charge on any atom is 0.195 e. The first-order valence-electron chi connectivity index (χ1n) is 8.86. The van der Waals surface area contributed by atoms with E-state index < -0.39 is 0 Å². The van der Waals surface area contributed by atoms with Crippen LogP contribution in [-0.2, 0) is 6.61 Å². The molecule has 1 aliphatic heterocycles. The molecule has 0 fully saturated rings. The van der Waals surface area contributed by atoms with Gasteiger partial charge in [0.05, 0.1) is 0 Å². The number of nitrogens with zero attached hydrogens (tertiary/aromatic N) is 1. The predicted octanol–water partition coefficient (Wildman–Crippen LogP) is 4.62. The van der Waals surface area contributed by atoms with Gasteiger partial charge in [-0.05, 0) is 59.9 Å². The number of hydrogen-bond acceptors (Lipinski definition) is 4. The summed E-state index contributed by atoms with van der Waals surface area (Å²) < 4.78 is 6.01. The van der Waals surface area contributed by atoms with Crippen LogP contribution >= 0.6 is 0 Å². The average Bonchev–Trinajstić information content (AvgIpc) is 2.68. The van der Waals surface area contributed by atoms with E-state index in [0.29, 0.717) is 6.61 Å². The lowest BCUT2D eigenvalue weighted by Crippen LogP contribution is -2.35. The fraction of sp³-hybridized carbons (Fsp3) is 0.227. The number of aryl methyl sites for hydroxylation is 1. The monoisotopic (exact) mass is 347 g/mol. The highest BCUT2D eigenvalue weighted by Gasteiger charge is 2.07. The topological polar surface area (TPSA) is 45.6 Å². The van der Waals surface area contributed by atoms with Crippen molar-refractivity contribution in [3.05, 3.63) is 71.8 Å². The Bertz CT molecular complexity index is 839. The Morgan fingerprint density at radius 2 is 2.00 bits per heavy atom. The lowest BCUT2D eigenvalue weighted by atomic mass is 10.0. The van der Waals surface area contributed by atoms with Crippen molar-refractivity contribution in [1.82, 2.24) is 5.32 Å². The van der Waals surface area contributed by atoms with Crippen LogP contribution in [-0.4, -0.2) is 19.0 Å². The zero-order valence-corrected chi connectivity index (χ0v) is 15.2. The summed E-state index contributed by atoms with van der Waals surface area (Å²) in [5, 5.41) is 6.57. The largest absolute Gasteiger partial charge is 0.489 e. The summed E-state index contributed by atoms with van der Waals surface area (Å²) in [6.07, 6.45) is 4.76. The third kappa shape index (κ3) is 4.33. The molecule has 0 bridgehead atoms. The van der Waals surface area contributed by atoms with E-state index in [2.05, 4.69) is 47.0 Å². The van der Waals surface area contributed by atoms with Gasteiger partial charge < -0.3 is 15.4 Å². The van der Waals surface area contributed by atoms with Gasteiger partial charge in [-0.25, -0.2) is 0 Å². The van der Waals surface area contributed by atoms with Gasteiger partial charge in [-0.3, -0.25) is 4.99 Å². The van der Waals surface area contributed by atoms with Crippen molar-refractivity contribution in [3.63, 3.8) is 0 Å². The van der Waals surface area contributed by atoms with E-state index in [1.54, 1.807) is 0 Å². The third-order valence-corrected chi connectivity index (χ3v) is 4.32. The highest BCUT2D eigenvalue weighted by atomic mass is 16.5. The fourth-order valence-corrected chi connectivity index (χ4v) is 2.88. The molecular weight excluding hydrogens is 322 g/mol. The minimum absolute atomic E-state index is 0.514. The van der Waals surface area contributed by atoms with Crippen molar-refractivity contribution >= 4 is 23.8 Å². The van der Waals surface area contributed by atoms with Crippen LogP contribution in [0.5, 0.6) is 5.75 Å². The molecule has 1 heterocycles. The number of guanidine groups is 1. The van der Waals surface area contributed by atoms with Crippen LogP contribution in [0, 0.1) is 6.92 Å². The second-order valence-electron chi connectivity index (χ2n) is 6.28. The molecule has 2 N–H and O–H groups in total. The van der Waals surface area contributed by atoms with Crippen molar-refractivity contribution < 1.29 is 4.74 Å². The zero-order chi connectivity index (χ0) is 18.4. The molecule has 0 amide bonds. The Labute approximate surface area is 155 Å². The maximum atomic E-state index is 6.01. The van der Waals surface area contributed by atoms with E-state index in [1.165, 1.54) is 0 Å². The van der Waals surface area contributed by atoms with Gasteiger partial charge >= 0.3 is 0 Å². The molecule has 0 spiro atoms. The molecule has 0 saturated heterocycles. The average molecular weight is 347 g/mol. The van der Waals surface area contributed by atoms with Crippen LogP contribution in [0.25, 0.3) is 12.2 Å². The standard InChI is InChI=1S/C22H25N3O/c1-4-18-8-7-17(14-19(18)5-2)15-26-21-10-9-20(13-16(21)3)25-22-23-11-6-12-24-22/h4-5,7-10,13-14H,1-2,6,11-12,15H2,3H3,(H2,23,24,25). The van der Waals surface area contributed by atoms with E-state index in [0.717, 1.165) is 59.2 Å². The molecule has 1 aliphatic rings. The Morgan fingerprint density at radius 1 is 1.15 bits per heavy atom. The summed E-state index contributed by atoms with van der Waals surface area (Å²) in [7, 11) is 0. The van der Waals surface area contributed by atoms with E-state index in [-0.39, 0.29) is 0 Å². The Kier molecular flexibility index (Phi) is 5.74. The highest BCUT2D eigenvalue weighted by molar-refractivity contribution is 5.94. The van der Waals surface area contributed by atoms with E-state index in [4.69, 9.17) is 4.74 Å². The third-order valence-electron chi connectivity index (χ3n) is 4.32. The maximum absolute atomic E-state index is 6.01. The second-order valence-corrected chi connectivity index (χ2v) is 6.28. The van der Waals surface area contributed by atoms with Gasteiger partial charge in [-0.2, -0.15) is 0 Å². The summed E-state index contributed by atoms with van der Waals surface area (Å²) in [5.74, 6) is 1.71. The molecule has 0 unspecified atom stereocenters. The molecule has 4 heteroatoms. The number of anilines is 1. The lowest BCUT2D eigenvalue weighted by Gasteiger charge is -2.17. The Balaban J connectivity index is 1.66. The number of nitrogens with one attached hydrogen (secondary N) is 2. The normalized spacial score (nSPS) is 13.3. The predicted molar refractivity (Wildman–Crippen MR) is 111 cm³/mol. The van der Waals surface area contributed by atoms with Crippen LogP contribution in [0.15, 0.2) is 54.5 Å².